The molecular formula is C18H24ClNO3. The highest BCUT2D eigenvalue weighted by atomic mass is 35.5. The minimum Gasteiger partial charge on any atom is -0.481 e. The highest BCUT2D eigenvalue weighted by Crippen LogP contribution is 2.42. The summed E-state index contributed by atoms with van der Waals surface area (Å²) in [7, 11) is 0. The second kappa shape index (κ2) is 6.91. The van der Waals surface area contributed by atoms with Gasteiger partial charge in [-0.05, 0) is 50.8 Å². The Balaban J connectivity index is 2.09. The van der Waals surface area contributed by atoms with Crippen molar-refractivity contribution in [1.29, 1.82) is 0 Å². The Labute approximate surface area is 142 Å². The van der Waals surface area contributed by atoms with Crippen LogP contribution in [0.1, 0.15) is 51.5 Å². The van der Waals surface area contributed by atoms with Gasteiger partial charge in [-0.1, -0.05) is 36.6 Å². The molecule has 0 radical (unpaired) electrons. The van der Waals surface area contributed by atoms with Crippen LogP contribution in [-0.2, 0) is 15.0 Å². The van der Waals surface area contributed by atoms with Gasteiger partial charge in [0.15, 0.2) is 0 Å². The lowest BCUT2D eigenvalue weighted by molar-refractivity contribution is -0.147. The molecule has 4 nitrogen and oxygen atoms in total. The first kappa shape index (κ1) is 17.8. The first-order valence-corrected chi connectivity index (χ1v) is 8.43. The molecule has 2 N–H and O–H groups in total. The van der Waals surface area contributed by atoms with E-state index in [1.807, 2.05) is 18.2 Å². The number of benzene rings is 1. The van der Waals surface area contributed by atoms with Crippen LogP contribution in [0.2, 0.25) is 5.02 Å². The lowest BCUT2D eigenvalue weighted by Gasteiger charge is -2.29. The minimum atomic E-state index is -0.850. The van der Waals surface area contributed by atoms with E-state index in [0.29, 0.717) is 18.0 Å². The van der Waals surface area contributed by atoms with Crippen LogP contribution in [-0.4, -0.2) is 23.5 Å². The molecule has 0 unspecified atom stereocenters. The number of hydrogen-bond donors (Lipinski definition) is 2. The molecule has 1 amide bonds. The van der Waals surface area contributed by atoms with E-state index in [0.717, 1.165) is 31.2 Å². The summed E-state index contributed by atoms with van der Waals surface area (Å²) in [6.45, 7) is 3.70. The van der Waals surface area contributed by atoms with Gasteiger partial charge in [0.1, 0.15) is 0 Å². The molecule has 0 aromatic heterocycles. The second-order valence-electron chi connectivity index (χ2n) is 6.99. The Morgan fingerprint density at radius 1 is 1.30 bits per heavy atom. The van der Waals surface area contributed by atoms with Crippen LogP contribution in [0.4, 0.5) is 0 Å². The first-order valence-electron chi connectivity index (χ1n) is 8.06. The van der Waals surface area contributed by atoms with Crippen molar-refractivity contribution in [3.8, 4) is 0 Å². The number of amides is 1. The second-order valence-corrected chi connectivity index (χ2v) is 7.43. The first-order chi connectivity index (χ1) is 10.8. The largest absolute Gasteiger partial charge is 0.481 e. The molecule has 0 spiro atoms. The molecule has 1 aromatic carbocycles. The van der Waals surface area contributed by atoms with Crippen molar-refractivity contribution in [3.63, 3.8) is 0 Å². The molecule has 23 heavy (non-hydrogen) atoms. The van der Waals surface area contributed by atoms with Gasteiger partial charge in [-0.2, -0.15) is 0 Å². The fraction of sp³-hybridized carbons (Fsp3) is 0.556. The molecule has 1 aliphatic rings. The smallest absolute Gasteiger partial charge is 0.309 e. The SMILES string of the molecule is CC(C)(CCNC(=O)C1(c2cccc(Cl)c2)CCCC1)C(=O)O. The summed E-state index contributed by atoms with van der Waals surface area (Å²) >= 11 is 6.09. The Morgan fingerprint density at radius 3 is 2.52 bits per heavy atom. The number of carbonyl (C=O) groups excluding carboxylic acids is 1. The quantitative estimate of drug-likeness (QED) is 0.830. The molecule has 0 bridgehead atoms. The van der Waals surface area contributed by atoms with Crippen molar-refractivity contribution in [2.75, 3.05) is 6.54 Å². The summed E-state index contributed by atoms with van der Waals surface area (Å²) in [5.41, 5.74) is -0.415. The number of nitrogens with one attached hydrogen (secondary N) is 1. The number of halogens is 1. The molecule has 1 saturated carbocycles. The number of aliphatic carboxylic acids is 1. The highest BCUT2D eigenvalue weighted by Gasteiger charge is 2.42. The highest BCUT2D eigenvalue weighted by molar-refractivity contribution is 6.30. The summed E-state index contributed by atoms with van der Waals surface area (Å²) < 4.78 is 0. The van der Waals surface area contributed by atoms with E-state index < -0.39 is 16.8 Å². The number of carbonyl (C=O) groups is 2. The van der Waals surface area contributed by atoms with E-state index in [2.05, 4.69) is 5.32 Å². The summed E-state index contributed by atoms with van der Waals surface area (Å²) in [5, 5.41) is 12.7. The molecule has 5 heteroatoms. The van der Waals surface area contributed by atoms with E-state index in [1.54, 1.807) is 19.9 Å². The van der Waals surface area contributed by atoms with Gasteiger partial charge in [0.25, 0.3) is 0 Å². The van der Waals surface area contributed by atoms with E-state index in [9.17, 15) is 9.59 Å². The van der Waals surface area contributed by atoms with E-state index in [4.69, 9.17) is 16.7 Å². The predicted molar refractivity (Wildman–Crippen MR) is 90.6 cm³/mol. The van der Waals surface area contributed by atoms with Crippen LogP contribution >= 0.6 is 11.6 Å². The molecule has 1 fully saturated rings. The number of hydrogen-bond acceptors (Lipinski definition) is 2. The maximum atomic E-state index is 12.8. The fourth-order valence-electron chi connectivity index (χ4n) is 3.18. The molecule has 0 heterocycles. The molecule has 0 saturated heterocycles. The zero-order valence-corrected chi connectivity index (χ0v) is 14.4. The topological polar surface area (TPSA) is 66.4 Å². The summed E-state index contributed by atoms with van der Waals surface area (Å²) in [5.74, 6) is -0.865. The zero-order valence-electron chi connectivity index (χ0n) is 13.7. The normalized spacial score (nSPS) is 17.0. The molecule has 0 aliphatic heterocycles. The lowest BCUT2D eigenvalue weighted by atomic mass is 9.78. The number of rotatable bonds is 6. The van der Waals surface area contributed by atoms with Gasteiger partial charge in [-0.3, -0.25) is 9.59 Å². The van der Waals surface area contributed by atoms with Crippen LogP contribution in [0.3, 0.4) is 0 Å². The Hall–Kier alpha value is -1.55. The van der Waals surface area contributed by atoms with Gasteiger partial charge in [-0.25, -0.2) is 0 Å². The van der Waals surface area contributed by atoms with Gasteiger partial charge in [0.05, 0.1) is 10.8 Å². The van der Waals surface area contributed by atoms with E-state index in [-0.39, 0.29) is 5.91 Å². The van der Waals surface area contributed by atoms with Crippen molar-refractivity contribution in [3.05, 3.63) is 34.9 Å². The van der Waals surface area contributed by atoms with Crippen molar-refractivity contribution >= 4 is 23.5 Å². The summed E-state index contributed by atoms with van der Waals surface area (Å²) in [4.78, 5) is 24.0. The van der Waals surface area contributed by atoms with E-state index in [1.165, 1.54) is 0 Å². The van der Waals surface area contributed by atoms with Gasteiger partial charge >= 0.3 is 5.97 Å². The van der Waals surface area contributed by atoms with Crippen LogP contribution in [0.15, 0.2) is 24.3 Å². The van der Waals surface area contributed by atoms with Crippen molar-refractivity contribution in [2.45, 2.75) is 51.4 Å². The Morgan fingerprint density at radius 2 is 1.96 bits per heavy atom. The summed E-state index contributed by atoms with van der Waals surface area (Å²) in [6.07, 6.45) is 4.05. The third-order valence-electron chi connectivity index (χ3n) is 4.88. The van der Waals surface area contributed by atoms with Gasteiger partial charge < -0.3 is 10.4 Å². The monoisotopic (exact) mass is 337 g/mol. The van der Waals surface area contributed by atoms with Crippen LogP contribution in [0.25, 0.3) is 0 Å². The average Bonchev–Trinajstić information content (AvgIpc) is 2.97. The van der Waals surface area contributed by atoms with Crippen LogP contribution in [0.5, 0.6) is 0 Å². The zero-order chi connectivity index (χ0) is 17.1. The summed E-state index contributed by atoms with van der Waals surface area (Å²) in [6, 6.07) is 7.51. The molecule has 1 aromatic rings. The van der Waals surface area contributed by atoms with Crippen molar-refractivity contribution < 1.29 is 14.7 Å². The van der Waals surface area contributed by atoms with Crippen LogP contribution < -0.4 is 5.32 Å². The third-order valence-corrected chi connectivity index (χ3v) is 5.12. The number of carboxylic acid groups (broad SMARTS) is 1. The third kappa shape index (κ3) is 3.86. The van der Waals surface area contributed by atoms with Crippen molar-refractivity contribution in [2.24, 2.45) is 5.41 Å². The standard InChI is InChI=1S/C18H24ClNO3/c1-17(2,16(22)23)10-11-20-15(21)18(8-3-4-9-18)13-6-5-7-14(19)12-13/h5-7,12H,3-4,8-11H2,1-2H3,(H,20,21)(H,22,23). The molecule has 0 atom stereocenters. The Bertz CT molecular complexity index is 592. The Kier molecular flexibility index (Phi) is 5.35. The predicted octanol–water partition coefficient (Wildman–Crippen LogP) is 3.77. The molecule has 1 aliphatic carbocycles. The van der Waals surface area contributed by atoms with Gasteiger partial charge in [0, 0.05) is 11.6 Å². The molecule has 2 rings (SSSR count). The fourth-order valence-corrected chi connectivity index (χ4v) is 3.37. The maximum Gasteiger partial charge on any atom is 0.309 e. The maximum absolute atomic E-state index is 12.8. The van der Waals surface area contributed by atoms with Crippen molar-refractivity contribution in [1.82, 2.24) is 5.32 Å². The van der Waals surface area contributed by atoms with Gasteiger partial charge in [0.2, 0.25) is 5.91 Å². The van der Waals surface area contributed by atoms with Crippen LogP contribution in [0, 0.1) is 5.41 Å². The molecular weight excluding hydrogens is 314 g/mol. The van der Waals surface area contributed by atoms with E-state index >= 15 is 0 Å². The minimum absolute atomic E-state index is 0.0153. The number of carboxylic acids is 1. The molecule has 126 valence electrons. The average molecular weight is 338 g/mol. The van der Waals surface area contributed by atoms with Gasteiger partial charge in [-0.15, -0.1) is 0 Å². The lowest BCUT2D eigenvalue weighted by Crippen LogP contribution is -2.44.